The van der Waals surface area contributed by atoms with Crippen LogP contribution in [-0.4, -0.2) is 54.7 Å². The van der Waals surface area contributed by atoms with E-state index in [1.807, 2.05) is 0 Å². The van der Waals surface area contributed by atoms with Crippen molar-refractivity contribution in [2.45, 2.75) is 57.7 Å². The zero-order valence-electron chi connectivity index (χ0n) is 13.5. The van der Waals surface area contributed by atoms with Gasteiger partial charge in [0.2, 0.25) is 5.91 Å². The van der Waals surface area contributed by atoms with Gasteiger partial charge in [0.05, 0.1) is 6.10 Å². The van der Waals surface area contributed by atoms with Crippen LogP contribution in [0.1, 0.15) is 40.0 Å². The lowest BCUT2D eigenvalue weighted by Crippen LogP contribution is -2.80. The average Bonchev–Trinajstić information content (AvgIpc) is 3.06. The fraction of sp³-hybridized carbons (Fsp3) is 0.938. The lowest BCUT2D eigenvalue weighted by atomic mass is 9.48. The van der Waals surface area contributed by atoms with Crippen LogP contribution in [0.3, 0.4) is 0 Å². The number of carbonyl (C=O) groups is 1. The molecule has 3 rings (SSSR count). The van der Waals surface area contributed by atoms with Gasteiger partial charge in [-0.05, 0) is 39.3 Å². The largest absolute Gasteiger partial charge is 0.377 e. The number of ether oxygens (including phenoxy) is 1. The van der Waals surface area contributed by atoms with Crippen LogP contribution in [-0.2, 0) is 9.53 Å². The van der Waals surface area contributed by atoms with Crippen LogP contribution in [0.25, 0.3) is 0 Å². The first-order valence-electron chi connectivity index (χ1n) is 8.31. The van der Waals surface area contributed by atoms with Gasteiger partial charge in [-0.25, -0.2) is 0 Å². The van der Waals surface area contributed by atoms with E-state index in [1.165, 1.54) is 12.8 Å². The van der Waals surface area contributed by atoms with Crippen molar-refractivity contribution in [2.24, 2.45) is 17.1 Å². The van der Waals surface area contributed by atoms with Gasteiger partial charge in [-0.2, -0.15) is 0 Å². The van der Waals surface area contributed by atoms with E-state index < -0.39 is 5.54 Å². The molecule has 5 nitrogen and oxygen atoms in total. The van der Waals surface area contributed by atoms with Gasteiger partial charge in [0.15, 0.2) is 0 Å². The zero-order valence-corrected chi connectivity index (χ0v) is 13.5. The van der Waals surface area contributed by atoms with Crippen molar-refractivity contribution in [3.8, 4) is 0 Å². The van der Waals surface area contributed by atoms with Gasteiger partial charge >= 0.3 is 0 Å². The molecule has 2 heterocycles. The highest BCUT2D eigenvalue weighted by atomic mass is 16.5. The number of likely N-dealkylation sites (tertiary alicyclic amines) is 1. The molecule has 0 aromatic heterocycles. The Bertz CT molecular complexity index is 420. The lowest BCUT2D eigenvalue weighted by molar-refractivity contribution is -0.176. The van der Waals surface area contributed by atoms with Crippen molar-refractivity contribution in [1.82, 2.24) is 10.2 Å². The minimum absolute atomic E-state index is 0.00551. The second-order valence-corrected chi connectivity index (χ2v) is 7.66. The number of carbonyl (C=O) groups excluding carboxylic acids is 1. The van der Waals surface area contributed by atoms with Gasteiger partial charge in [-0.3, -0.25) is 4.79 Å². The van der Waals surface area contributed by atoms with E-state index in [2.05, 4.69) is 31.0 Å². The first kappa shape index (κ1) is 15.3. The number of nitrogens with zero attached hydrogens (tertiary/aromatic N) is 1. The van der Waals surface area contributed by atoms with Crippen LogP contribution in [0.2, 0.25) is 0 Å². The molecule has 0 radical (unpaired) electrons. The van der Waals surface area contributed by atoms with Crippen molar-refractivity contribution in [3.63, 3.8) is 0 Å². The number of hydrogen-bond donors (Lipinski definition) is 2. The summed E-state index contributed by atoms with van der Waals surface area (Å²) in [6.45, 7) is 10.2. The Balaban J connectivity index is 1.61. The summed E-state index contributed by atoms with van der Waals surface area (Å²) in [4.78, 5) is 15.2. The molecular weight excluding hydrogens is 266 g/mol. The second kappa shape index (κ2) is 5.21. The molecule has 5 heteroatoms. The van der Waals surface area contributed by atoms with Crippen LogP contribution >= 0.6 is 0 Å². The van der Waals surface area contributed by atoms with E-state index in [0.717, 1.165) is 32.7 Å². The first-order chi connectivity index (χ1) is 9.87. The lowest BCUT2D eigenvalue weighted by Gasteiger charge is -2.60. The molecule has 1 aliphatic carbocycles. The van der Waals surface area contributed by atoms with E-state index >= 15 is 0 Å². The van der Waals surface area contributed by atoms with Crippen LogP contribution in [0.15, 0.2) is 0 Å². The maximum absolute atomic E-state index is 12.8. The highest BCUT2D eigenvalue weighted by Gasteiger charge is 2.71. The van der Waals surface area contributed by atoms with Gasteiger partial charge in [0, 0.05) is 30.5 Å². The molecule has 1 saturated carbocycles. The summed E-state index contributed by atoms with van der Waals surface area (Å²) >= 11 is 0. The maximum atomic E-state index is 12.8. The van der Waals surface area contributed by atoms with Crippen molar-refractivity contribution in [1.29, 1.82) is 0 Å². The van der Waals surface area contributed by atoms with Crippen LogP contribution < -0.4 is 11.1 Å². The summed E-state index contributed by atoms with van der Waals surface area (Å²) < 4.78 is 5.76. The molecule has 0 aromatic carbocycles. The predicted octanol–water partition coefficient (Wildman–Crippen LogP) is 0.729. The minimum atomic E-state index is -0.784. The molecule has 120 valence electrons. The molecule has 0 bridgehead atoms. The third-order valence-corrected chi connectivity index (χ3v) is 5.94. The molecule has 21 heavy (non-hydrogen) atoms. The zero-order chi connectivity index (χ0) is 15.3. The van der Waals surface area contributed by atoms with Gasteiger partial charge in [-0.1, -0.05) is 13.8 Å². The van der Waals surface area contributed by atoms with E-state index in [0.29, 0.717) is 0 Å². The number of nitrogens with one attached hydrogen (secondary N) is 1. The molecule has 3 aliphatic rings. The maximum Gasteiger partial charge on any atom is 0.241 e. The van der Waals surface area contributed by atoms with Gasteiger partial charge in [0.25, 0.3) is 0 Å². The third kappa shape index (κ3) is 2.21. The van der Waals surface area contributed by atoms with E-state index in [4.69, 9.17) is 10.5 Å². The summed E-state index contributed by atoms with van der Waals surface area (Å²) in [5, 5.41) is 3.16. The van der Waals surface area contributed by atoms with Crippen molar-refractivity contribution in [2.75, 3.05) is 26.2 Å². The molecular formula is C16H29N3O2. The standard InChI is InChI=1S/C16H29N3O2/c1-11(10-19-7-4-5-8-19)18-14(20)16(17)12-6-9-21-13(12)15(16,2)3/h11-13H,4-10,17H2,1-3H3,(H,18,20). The van der Waals surface area contributed by atoms with Crippen molar-refractivity contribution in [3.05, 3.63) is 0 Å². The molecule has 4 atom stereocenters. The number of rotatable bonds is 4. The Morgan fingerprint density at radius 2 is 2.10 bits per heavy atom. The Labute approximate surface area is 127 Å². The van der Waals surface area contributed by atoms with Gasteiger partial charge in [0.1, 0.15) is 5.54 Å². The molecule has 0 aromatic rings. The molecule has 2 aliphatic heterocycles. The summed E-state index contributed by atoms with van der Waals surface area (Å²) in [5.41, 5.74) is 5.49. The second-order valence-electron chi connectivity index (χ2n) is 7.66. The Hall–Kier alpha value is -0.650. The molecule has 3 N–H and O–H groups in total. The Kier molecular flexibility index (Phi) is 3.79. The Morgan fingerprint density at radius 3 is 2.76 bits per heavy atom. The highest BCUT2D eigenvalue weighted by molar-refractivity contribution is 5.89. The summed E-state index contributed by atoms with van der Waals surface area (Å²) in [5.74, 6) is 0.178. The molecule has 3 fully saturated rings. The predicted molar refractivity (Wildman–Crippen MR) is 81.8 cm³/mol. The van der Waals surface area contributed by atoms with Crippen LogP contribution in [0.5, 0.6) is 0 Å². The summed E-state index contributed by atoms with van der Waals surface area (Å²) in [7, 11) is 0. The monoisotopic (exact) mass is 295 g/mol. The van der Waals surface area contributed by atoms with E-state index in [1.54, 1.807) is 0 Å². The fourth-order valence-corrected chi connectivity index (χ4v) is 4.59. The summed E-state index contributed by atoms with van der Waals surface area (Å²) in [6.07, 6.45) is 3.59. The van der Waals surface area contributed by atoms with Crippen molar-refractivity contribution >= 4 is 5.91 Å². The van der Waals surface area contributed by atoms with Crippen molar-refractivity contribution < 1.29 is 9.53 Å². The first-order valence-corrected chi connectivity index (χ1v) is 8.31. The average molecular weight is 295 g/mol. The quantitative estimate of drug-likeness (QED) is 0.802. The highest BCUT2D eigenvalue weighted by Crippen LogP contribution is 2.58. The van der Waals surface area contributed by atoms with E-state index in [9.17, 15) is 4.79 Å². The number of amides is 1. The SMILES string of the molecule is CC(CN1CCCC1)NC(=O)C1(N)C2CCOC2C1(C)C. The van der Waals surface area contributed by atoms with Crippen LogP contribution in [0, 0.1) is 11.3 Å². The number of fused-ring (bicyclic) bond motifs is 1. The minimum Gasteiger partial charge on any atom is -0.377 e. The molecule has 4 unspecified atom stereocenters. The number of hydrogen-bond acceptors (Lipinski definition) is 4. The topological polar surface area (TPSA) is 67.6 Å². The van der Waals surface area contributed by atoms with Gasteiger partial charge in [-0.15, -0.1) is 0 Å². The third-order valence-electron chi connectivity index (χ3n) is 5.94. The molecule has 0 spiro atoms. The Morgan fingerprint density at radius 1 is 1.43 bits per heavy atom. The normalized spacial score (nSPS) is 39.6. The van der Waals surface area contributed by atoms with E-state index in [-0.39, 0.29) is 29.4 Å². The smallest absolute Gasteiger partial charge is 0.241 e. The molecule has 1 amide bonds. The van der Waals surface area contributed by atoms with Crippen LogP contribution in [0.4, 0.5) is 0 Å². The molecule has 2 saturated heterocycles. The van der Waals surface area contributed by atoms with Gasteiger partial charge < -0.3 is 20.7 Å². The fourth-order valence-electron chi connectivity index (χ4n) is 4.59. The summed E-state index contributed by atoms with van der Waals surface area (Å²) in [6, 6.07) is 0.146. The number of nitrogens with two attached hydrogens (primary N) is 1.